The van der Waals surface area contributed by atoms with E-state index in [-0.39, 0.29) is 11.4 Å². The molecule has 0 amide bonds. The van der Waals surface area contributed by atoms with E-state index in [1.54, 1.807) is 35.2 Å². The van der Waals surface area contributed by atoms with Crippen LogP contribution in [0.1, 0.15) is 11.1 Å². The molecular weight excluding hydrogens is 361 g/mol. The maximum absolute atomic E-state index is 13.1. The van der Waals surface area contributed by atoms with Crippen molar-refractivity contribution in [1.29, 1.82) is 0 Å². The summed E-state index contributed by atoms with van der Waals surface area (Å²) < 4.78 is 14.8. The van der Waals surface area contributed by atoms with Crippen molar-refractivity contribution in [2.24, 2.45) is 0 Å². The van der Waals surface area contributed by atoms with Gasteiger partial charge in [0.05, 0.1) is 17.4 Å². The molecule has 2 aromatic heterocycles. The van der Waals surface area contributed by atoms with Gasteiger partial charge in [-0.1, -0.05) is 42.1 Å². The minimum Gasteiger partial charge on any atom is -0.283 e. The van der Waals surface area contributed by atoms with Crippen LogP contribution in [0, 0.1) is 5.82 Å². The first-order valence-corrected chi connectivity index (χ1v) is 9.45. The molecule has 6 heteroatoms. The molecule has 0 spiro atoms. The van der Waals surface area contributed by atoms with Crippen LogP contribution in [0.5, 0.6) is 0 Å². The molecule has 0 aliphatic heterocycles. The highest BCUT2D eigenvalue weighted by Gasteiger charge is 2.12. The van der Waals surface area contributed by atoms with E-state index in [1.165, 1.54) is 23.9 Å². The van der Waals surface area contributed by atoms with Gasteiger partial charge in [0.2, 0.25) is 0 Å². The molecule has 0 radical (unpaired) electrons. The Morgan fingerprint density at radius 2 is 1.78 bits per heavy atom. The van der Waals surface area contributed by atoms with Crippen LogP contribution in [0.15, 0.2) is 83.0 Å². The molecule has 0 N–H and O–H groups in total. The Kier molecular flexibility index (Phi) is 4.98. The normalized spacial score (nSPS) is 11.0. The van der Waals surface area contributed by atoms with Gasteiger partial charge in [0.15, 0.2) is 5.16 Å². The Hall–Kier alpha value is -2.99. The summed E-state index contributed by atoms with van der Waals surface area (Å²) in [6.07, 6.45) is 3.45. The molecule has 4 nitrogen and oxygen atoms in total. The first-order valence-electron chi connectivity index (χ1n) is 8.46. The molecule has 0 saturated carbocycles. The first-order chi connectivity index (χ1) is 13.2. The first kappa shape index (κ1) is 17.4. The van der Waals surface area contributed by atoms with Crippen molar-refractivity contribution in [2.75, 3.05) is 0 Å². The summed E-state index contributed by atoms with van der Waals surface area (Å²) in [5.41, 5.74) is 2.50. The standard InChI is InChI=1S/C21H16FN3OS/c22-17-9-7-15(8-10-17)14-27-21-24-19-6-2-1-5-18(19)20(26)25(21)13-16-4-3-11-23-12-16/h1-12H,13-14H2. The van der Waals surface area contributed by atoms with Gasteiger partial charge in [-0.25, -0.2) is 9.37 Å². The number of rotatable bonds is 5. The van der Waals surface area contributed by atoms with Crippen molar-refractivity contribution in [1.82, 2.24) is 14.5 Å². The lowest BCUT2D eigenvalue weighted by atomic mass is 10.2. The highest BCUT2D eigenvalue weighted by molar-refractivity contribution is 7.98. The van der Waals surface area contributed by atoms with E-state index < -0.39 is 0 Å². The van der Waals surface area contributed by atoms with E-state index in [4.69, 9.17) is 4.98 Å². The van der Waals surface area contributed by atoms with Gasteiger partial charge in [-0.2, -0.15) is 0 Å². The van der Waals surface area contributed by atoms with Gasteiger partial charge in [-0.3, -0.25) is 14.3 Å². The summed E-state index contributed by atoms with van der Waals surface area (Å²) in [4.78, 5) is 21.9. The lowest BCUT2D eigenvalue weighted by Crippen LogP contribution is -2.24. The van der Waals surface area contributed by atoms with E-state index in [9.17, 15) is 9.18 Å². The molecule has 0 atom stereocenters. The average molecular weight is 377 g/mol. The van der Waals surface area contributed by atoms with Crippen LogP contribution in [-0.4, -0.2) is 14.5 Å². The molecule has 4 rings (SSSR count). The predicted octanol–water partition coefficient (Wildman–Crippen LogP) is 4.27. The molecule has 134 valence electrons. The summed E-state index contributed by atoms with van der Waals surface area (Å²) >= 11 is 1.46. The highest BCUT2D eigenvalue weighted by Crippen LogP contribution is 2.23. The largest absolute Gasteiger partial charge is 0.283 e. The fourth-order valence-electron chi connectivity index (χ4n) is 2.80. The number of para-hydroxylation sites is 1. The van der Waals surface area contributed by atoms with Gasteiger partial charge in [0.25, 0.3) is 5.56 Å². The van der Waals surface area contributed by atoms with Crippen LogP contribution < -0.4 is 5.56 Å². The van der Waals surface area contributed by atoms with E-state index in [2.05, 4.69) is 4.98 Å². The zero-order chi connectivity index (χ0) is 18.6. The average Bonchev–Trinajstić information content (AvgIpc) is 2.71. The van der Waals surface area contributed by atoms with E-state index >= 15 is 0 Å². The lowest BCUT2D eigenvalue weighted by Gasteiger charge is -2.13. The highest BCUT2D eigenvalue weighted by atomic mass is 32.2. The number of aromatic nitrogens is 3. The molecule has 0 fully saturated rings. The second-order valence-corrected chi connectivity index (χ2v) is 7.02. The zero-order valence-electron chi connectivity index (χ0n) is 14.4. The number of nitrogens with zero attached hydrogens (tertiary/aromatic N) is 3. The fraction of sp³-hybridized carbons (Fsp3) is 0.0952. The summed E-state index contributed by atoms with van der Waals surface area (Å²) in [7, 11) is 0. The molecule has 0 bridgehead atoms. The van der Waals surface area contributed by atoms with Crippen LogP contribution in [0.3, 0.4) is 0 Å². The third kappa shape index (κ3) is 3.90. The van der Waals surface area contributed by atoms with Gasteiger partial charge < -0.3 is 0 Å². The van der Waals surface area contributed by atoms with Crippen molar-refractivity contribution in [3.05, 3.63) is 100 Å². The summed E-state index contributed by atoms with van der Waals surface area (Å²) in [6, 6.07) is 17.5. The lowest BCUT2D eigenvalue weighted by molar-refractivity contribution is 0.627. The van der Waals surface area contributed by atoms with Crippen LogP contribution >= 0.6 is 11.8 Å². The van der Waals surface area contributed by atoms with Crippen LogP contribution in [0.2, 0.25) is 0 Å². The fourth-order valence-corrected chi connectivity index (χ4v) is 3.75. The van der Waals surface area contributed by atoms with Crippen molar-refractivity contribution in [3.8, 4) is 0 Å². The number of hydrogen-bond donors (Lipinski definition) is 0. The van der Waals surface area contributed by atoms with Crippen LogP contribution in [-0.2, 0) is 12.3 Å². The second kappa shape index (κ2) is 7.72. The minimum absolute atomic E-state index is 0.0777. The Morgan fingerprint density at radius 1 is 0.963 bits per heavy atom. The summed E-state index contributed by atoms with van der Waals surface area (Å²) in [5.74, 6) is 0.332. The summed E-state index contributed by atoms with van der Waals surface area (Å²) in [6.45, 7) is 0.399. The van der Waals surface area contributed by atoms with Crippen LogP contribution in [0.4, 0.5) is 4.39 Å². The third-order valence-corrected chi connectivity index (χ3v) is 5.22. The molecule has 4 aromatic rings. The molecule has 0 unspecified atom stereocenters. The molecular formula is C21H16FN3OS. The Bertz CT molecular complexity index is 1130. The van der Waals surface area contributed by atoms with Gasteiger partial charge in [-0.15, -0.1) is 0 Å². The molecule has 0 aliphatic rings. The molecule has 2 heterocycles. The number of benzene rings is 2. The number of fused-ring (bicyclic) bond motifs is 1. The molecule has 27 heavy (non-hydrogen) atoms. The second-order valence-electron chi connectivity index (χ2n) is 6.08. The van der Waals surface area contributed by atoms with Crippen molar-refractivity contribution < 1.29 is 4.39 Å². The smallest absolute Gasteiger partial charge is 0.262 e. The van der Waals surface area contributed by atoms with Gasteiger partial charge in [-0.05, 0) is 41.5 Å². The maximum atomic E-state index is 13.1. The zero-order valence-corrected chi connectivity index (χ0v) is 15.2. The topological polar surface area (TPSA) is 47.8 Å². The summed E-state index contributed by atoms with van der Waals surface area (Å²) in [5, 5.41) is 1.22. The number of hydrogen-bond acceptors (Lipinski definition) is 4. The molecule has 0 aliphatic carbocycles. The van der Waals surface area contributed by atoms with Crippen molar-refractivity contribution in [2.45, 2.75) is 17.5 Å². The number of halogens is 1. The van der Waals surface area contributed by atoms with E-state index in [0.29, 0.717) is 28.4 Å². The Balaban J connectivity index is 1.73. The quantitative estimate of drug-likeness (QED) is 0.385. The number of thioether (sulfide) groups is 1. The monoisotopic (exact) mass is 377 g/mol. The van der Waals surface area contributed by atoms with E-state index in [0.717, 1.165) is 11.1 Å². The Labute approximate surface area is 159 Å². The van der Waals surface area contributed by atoms with Gasteiger partial charge >= 0.3 is 0 Å². The van der Waals surface area contributed by atoms with Gasteiger partial charge in [0.1, 0.15) is 5.82 Å². The van der Waals surface area contributed by atoms with Crippen molar-refractivity contribution >= 4 is 22.7 Å². The van der Waals surface area contributed by atoms with E-state index in [1.807, 2.05) is 30.3 Å². The van der Waals surface area contributed by atoms with Gasteiger partial charge in [0, 0.05) is 18.1 Å². The Morgan fingerprint density at radius 3 is 2.56 bits per heavy atom. The maximum Gasteiger partial charge on any atom is 0.262 e. The SMILES string of the molecule is O=c1c2ccccc2nc(SCc2ccc(F)cc2)n1Cc1cccnc1. The molecule has 2 aromatic carbocycles. The number of pyridine rings is 1. The minimum atomic E-state index is -0.263. The van der Waals surface area contributed by atoms with Crippen molar-refractivity contribution in [3.63, 3.8) is 0 Å². The third-order valence-electron chi connectivity index (χ3n) is 4.17. The van der Waals surface area contributed by atoms with Crippen LogP contribution in [0.25, 0.3) is 10.9 Å². The molecule has 0 saturated heterocycles. The predicted molar refractivity (Wildman–Crippen MR) is 105 cm³/mol.